The van der Waals surface area contributed by atoms with Gasteiger partial charge in [-0.3, -0.25) is 0 Å². The highest BCUT2D eigenvalue weighted by Gasteiger charge is 2.04. The summed E-state index contributed by atoms with van der Waals surface area (Å²) in [5, 5.41) is 0. The van der Waals surface area contributed by atoms with Crippen LogP contribution in [0.15, 0.2) is 12.1 Å². The summed E-state index contributed by atoms with van der Waals surface area (Å²) in [5.41, 5.74) is 1.45. The van der Waals surface area contributed by atoms with Crippen LogP contribution in [0, 0.1) is 0 Å². The van der Waals surface area contributed by atoms with Gasteiger partial charge in [-0.15, -0.1) is 0 Å². The maximum absolute atomic E-state index is 5.22. The highest BCUT2D eigenvalue weighted by Crippen LogP contribution is 2.17. The van der Waals surface area contributed by atoms with Gasteiger partial charge in [-0.2, -0.15) is 9.97 Å². The fraction of sp³-hybridized carbons (Fsp3) is 0.333. The van der Waals surface area contributed by atoms with Crippen molar-refractivity contribution in [2.75, 3.05) is 13.7 Å². The Kier molecular flexibility index (Phi) is 2.22. The molecule has 2 aromatic rings. The van der Waals surface area contributed by atoms with E-state index in [0.29, 0.717) is 24.1 Å². The van der Waals surface area contributed by atoms with Gasteiger partial charge in [0.1, 0.15) is 0 Å². The van der Waals surface area contributed by atoms with Crippen LogP contribution in [0.2, 0.25) is 0 Å². The zero-order valence-electron chi connectivity index (χ0n) is 8.07. The lowest BCUT2D eigenvalue weighted by Gasteiger charge is -1.94. The van der Waals surface area contributed by atoms with E-state index in [-0.39, 0.29) is 0 Å². The standard InChI is InChI=1S/C9H11N3O2/c1-3-14-9-10-6-4-5-7(13-2)11-8(6)12-9/h4-5H,3H2,1-2H3,(H,10,11,12). The first-order valence-electron chi connectivity index (χ1n) is 4.37. The molecule has 0 saturated heterocycles. The van der Waals surface area contributed by atoms with Crippen molar-refractivity contribution < 1.29 is 9.47 Å². The number of nitrogens with one attached hydrogen (secondary N) is 1. The molecule has 0 unspecified atom stereocenters. The lowest BCUT2D eigenvalue weighted by Crippen LogP contribution is -1.92. The summed E-state index contributed by atoms with van der Waals surface area (Å²) in [6.07, 6.45) is 0. The van der Waals surface area contributed by atoms with E-state index in [1.54, 1.807) is 13.2 Å². The van der Waals surface area contributed by atoms with Crippen LogP contribution in [0.3, 0.4) is 0 Å². The largest absolute Gasteiger partial charge is 0.481 e. The minimum Gasteiger partial charge on any atom is -0.481 e. The van der Waals surface area contributed by atoms with E-state index in [1.165, 1.54) is 0 Å². The molecule has 5 heteroatoms. The Labute approximate surface area is 81.1 Å². The van der Waals surface area contributed by atoms with Crippen molar-refractivity contribution in [2.24, 2.45) is 0 Å². The highest BCUT2D eigenvalue weighted by atomic mass is 16.5. The third-order valence-corrected chi connectivity index (χ3v) is 1.79. The van der Waals surface area contributed by atoms with Crippen LogP contribution in [-0.2, 0) is 0 Å². The molecule has 0 aliphatic heterocycles. The first-order chi connectivity index (χ1) is 6.83. The molecule has 0 aliphatic rings. The van der Waals surface area contributed by atoms with Crippen LogP contribution < -0.4 is 9.47 Å². The van der Waals surface area contributed by atoms with Gasteiger partial charge >= 0.3 is 0 Å². The van der Waals surface area contributed by atoms with Crippen LogP contribution in [0.1, 0.15) is 6.92 Å². The van der Waals surface area contributed by atoms with Gasteiger partial charge in [0.05, 0.1) is 19.2 Å². The Bertz CT molecular complexity index is 439. The molecule has 0 aromatic carbocycles. The summed E-state index contributed by atoms with van der Waals surface area (Å²) >= 11 is 0. The number of fused-ring (bicyclic) bond motifs is 1. The molecule has 2 heterocycles. The normalized spacial score (nSPS) is 10.4. The van der Waals surface area contributed by atoms with Crippen molar-refractivity contribution in [2.45, 2.75) is 6.92 Å². The fourth-order valence-corrected chi connectivity index (χ4v) is 1.17. The minimum atomic E-state index is 0.489. The van der Waals surface area contributed by atoms with Crippen molar-refractivity contribution >= 4 is 11.2 Å². The predicted molar refractivity (Wildman–Crippen MR) is 51.6 cm³/mol. The van der Waals surface area contributed by atoms with Crippen molar-refractivity contribution in [1.82, 2.24) is 15.0 Å². The molecule has 2 aromatic heterocycles. The van der Waals surface area contributed by atoms with Crippen molar-refractivity contribution in [1.29, 1.82) is 0 Å². The summed E-state index contributed by atoms with van der Waals surface area (Å²) in [7, 11) is 1.57. The number of methoxy groups -OCH3 is 1. The number of pyridine rings is 1. The lowest BCUT2D eigenvalue weighted by molar-refractivity contribution is 0.317. The number of aromatic amines is 1. The monoisotopic (exact) mass is 193 g/mol. The molecule has 0 atom stereocenters. The second kappa shape index (κ2) is 3.53. The van der Waals surface area contributed by atoms with E-state index in [4.69, 9.17) is 9.47 Å². The van der Waals surface area contributed by atoms with Crippen LogP contribution in [0.4, 0.5) is 0 Å². The number of rotatable bonds is 3. The first-order valence-corrected chi connectivity index (χ1v) is 4.37. The number of aromatic nitrogens is 3. The zero-order chi connectivity index (χ0) is 9.97. The summed E-state index contributed by atoms with van der Waals surface area (Å²) in [5.74, 6) is 0.548. The summed E-state index contributed by atoms with van der Waals surface area (Å²) in [6.45, 7) is 2.48. The van der Waals surface area contributed by atoms with E-state index < -0.39 is 0 Å². The van der Waals surface area contributed by atoms with Gasteiger partial charge in [0, 0.05) is 6.07 Å². The molecule has 1 N–H and O–H groups in total. The first kappa shape index (κ1) is 8.80. The molecular formula is C9H11N3O2. The van der Waals surface area contributed by atoms with E-state index in [2.05, 4.69) is 15.0 Å². The summed E-state index contributed by atoms with van der Waals surface area (Å²) in [6, 6.07) is 4.12. The highest BCUT2D eigenvalue weighted by molar-refractivity contribution is 5.71. The predicted octanol–water partition coefficient (Wildman–Crippen LogP) is 1.37. The molecule has 0 radical (unpaired) electrons. The minimum absolute atomic E-state index is 0.489. The quantitative estimate of drug-likeness (QED) is 0.799. The van der Waals surface area contributed by atoms with Gasteiger partial charge in [-0.05, 0) is 13.0 Å². The number of ether oxygens (including phenoxy) is 2. The topological polar surface area (TPSA) is 60.0 Å². The molecule has 2 rings (SSSR count). The Morgan fingerprint density at radius 1 is 1.36 bits per heavy atom. The maximum atomic E-state index is 5.22. The Hall–Kier alpha value is -1.78. The summed E-state index contributed by atoms with van der Waals surface area (Å²) < 4.78 is 10.2. The van der Waals surface area contributed by atoms with Gasteiger partial charge in [0.2, 0.25) is 5.88 Å². The Morgan fingerprint density at radius 3 is 2.93 bits per heavy atom. The Balaban J connectivity index is 2.43. The number of imidazole rings is 1. The lowest BCUT2D eigenvalue weighted by atomic mass is 10.4. The van der Waals surface area contributed by atoms with E-state index in [9.17, 15) is 0 Å². The molecule has 74 valence electrons. The number of hydrogen-bond acceptors (Lipinski definition) is 4. The van der Waals surface area contributed by atoms with Gasteiger partial charge < -0.3 is 14.5 Å². The summed E-state index contributed by atoms with van der Waals surface area (Å²) in [4.78, 5) is 11.3. The van der Waals surface area contributed by atoms with Crippen molar-refractivity contribution in [3.05, 3.63) is 12.1 Å². The molecule has 0 fully saturated rings. The molecule has 14 heavy (non-hydrogen) atoms. The maximum Gasteiger partial charge on any atom is 0.296 e. The van der Waals surface area contributed by atoms with Gasteiger partial charge in [0.15, 0.2) is 5.65 Å². The second-order valence-corrected chi connectivity index (χ2v) is 2.70. The molecule has 0 bridgehead atoms. The van der Waals surface area contributed by atoms with Gasteiger partial charge in [-0.25, -0.2) is 0 Å². The molecular weight excluding hydrogens is 182 g/mol. The third-order valence-electron chi connectivity index (χ3n) is 1.79. The van der Waals surface area contributed by atoms with Crippen LogP contribution in [0.25, 0.3) is 11.2 Å². The van der Waals surface area contributed by atoms with Crippen LogP contribution >= 0.6 is 0 Å². The number of hydrogen-bond donors (Lipinski definition) is 1. The zero-order valence-corrected chi connectivity index (χ0v) is 8.07. The average Bonchev–Trinajstić information content (AvgIpc) is 2.59. The third kappa shape index (κ3) is 1.48. The second-order valence-electron chi connectivity index (χ2n) is 2.70. The fourth-order valence-electron chi connectivity index (χ4n) is 1.17. The van der Waals surface area contributed by atoms with Crippen LogP contribution in [0.5, 0.6) is 11.9 Å². The van der Waals surface area contributed by atoms with Crippen molar-refractivity contribution in [3.8, 4) is 11.9 Å². The van der Waals surface area contributed by atoms with Crippen molar-refractivity contribution in [3.63, 3.8) is 0 Å². The van der Waals surface area contributed by atoms with Gasteiger partial charge in [0.25, 0.3) is 6.01 Å². The number of nitrogens with zero attached hydrogens (tertiary/aromatic N) is 2. The molecule has 0 spiro atoms. The Morgan fingerprint density at radius 2 is 2.21 bits per heavy atom. The SMILES string of the molecule is CCOc1nc2nc(OC)ccc2[nH]1. The van der Waals surface area contributed by atoms with E-state index >= 15 is 0 Å². The molecule has 0 aliphatic carbocycles. The van der Waals surface area contributed by atoms with Crippen LogP contribution in [-0.4, -0.2) is 28.7 Å². The van der Waals surface area contributed by atoms with E-state index in [1.807, 2.05) is 13.0 Å². The van der Waals surface area contributed by atoms with Gasteiger partial charge in [-0.1, -0.05) is 0 Å². The smallest absolute Gasteiger partial charge is 0.296 e. The molecule has 5 nitrogen and oxygen atoms in total. The average molecular weight is 193 g/mol. The molecule has 0 amide bonds. The number of H-pyrrole nitrogens is 1. The molecule has 0 saturated carbocycles. The van der Waals surface area contributed by atoms with E-state index in [0.717, 1.165) is 5.52 Å².